The van der Waals surface area contributed by atoms with E-state index >= 15 is 0 Å². The fourth-order valence-corrected chi connectivity index (χ4v) is 3.44. The number of ether oxygens (including phenoxy) is 3. The van der Waals surface area contributed by atoms with Crippen LogP contribution < -0.4 is 10.8 Å². The van der Waals surface area contributed by atoms with Crippen molar-refractivity contribution in [2.75, 3.05) is 26.4 Å². The number of hydrogen-bond acceptors (Lipinski definition) is 6. The van der Waals surface area contributed by atoms with Crippen LogP contribution in [-0.4, -0.2) is 51.5 Å². The fraction of sp³-hybridized carbons (Fsp3) is 0.375. The third-order valence-corrected chi connectivity index (χ3v) is 5.23. The van der Waals surface area contributed by atoms with E-state index in [2.05, 4.69) is 5.32 Å². The molecule has 0 saturated carbocycles. The summed E-state index contributed by atoms with van der Waals surface area (Å²) >= 11 is 0. The number of carbonyl (C=O) groups excluding carboxylic acids is 1. The molecule has 8 heteroatoms. The van der Waals surface area contributed by atoms with Crippen LogP contribution in [0.25, 0.3) is 6.08 Å². The lowest BCUT2D eigenvalue weighted by Gasteiger charge is -2.36. The smallest absolute Gasteiger partial charge is 0.445 e. The standard InChI is InChI=1S/C24H28BNO6/c1-24(17-29-22(30-18-24)13-10-19-6-3-2-4-7-19)26-23(27)28-16-20-8-11-21(12-9-20)25-31-14-5-15-32-25/h2-4,6-13,22H,5,14-18H2,1H3,(H,26,27). The van der Waals surface area contributed by atoms with Crippen LogP contribution in [0.2, 0.25) is 0 Å². The Labute approximate surface area is 188 Å². The molecule has 32 heavy (non-hydrogen) atoms. The highest BCUT2D eigenvalue weighted by atomic mass is 16.7. The molecule has 2 fully saturated rings. The van der Waals surface area contributed by atoms with E-state index in [1.807, 2.05) is 73.7 Å². The zero-order valence-electron chi connectivity index (χ0n) is 18.2. The fourth-order valence-electron chi connectivity index (χ4n) is 3.44. The van der Waals surface area contributed by atoms with Gasteiger partial charge in [0.25, 0.3) is 0 Å². The molecule has 0 unspecified atom stereocenters. The zero-order valence-corrected chi connectivity index (χ0v) is 18.2. The van der Waals surface area contributed by atoms with Crippen LogP contribution >= 0.6 is 0 Å². The number of nitrogens with one attached hydrogen (secondary N) is 1. The van der Waals surface area contributed by atoms with Gasteiger partial charge in [0.15, 0.2) is 6.29 Å². The molecule has 2 aliphatic heterocycles. The van der Waals surface area contributed by atoms with E-state index in [-0.39, 0.29) is 13.7 Å². The zero-order chi connectivity index (χ0) is 22.2. The van der Waals surface area contributed by atoms with Gasteiger partial charge >= 0.3 is 13.2 Å². The first-order valence-electron chi connectivity index (χ1n) is 10.8. The maximum absolute atomic E-state index is 12.3. The average molecular weight is 437 g/mol. The van der Waals surface area contributed by atoms with E-state index in [1.165, 1.54) is 0 Å². The minimum atomic E-state index is -0.659. The van der Waals surface area contributed by atoms with E-state index in [0.29, 0.717) is 26.4 Å². The molecule has 2 saturated heterocycles. The summed E-state index contributed by atoms with van der Waals surface area (Å²) in [4.78, 5) is 12.3. The molecule has 2 aromatic carbocycles. The molecule has 1 N–H and O–H groups in total. The first-order valence-corrected chi connectivity index (χ1v) is 10.8. The molecule has 2 aliphatic rings. The van der Waals surface area contributed by atoms with Gasteiger partial charge in [-0.2, -0.15) is 0 Å². The quantitative estimate of drug-likeness (QED) is 0.701. The first kappa shape index (κ1) is 22.5. The summed E-state index contributed by atoms with van der Waals surface area (Å²) in [5, 5.41) is 2.85. The van der Waals surface area contributed by atoms with Crippen LogP contribution in [0.5, 0.6) is 0 Å². The molecule has 2 heterocycles. The highest BCUT2D eigenvalue weighted by Crippen LogP contribution is 2.17. The topological polar surface area (TPSA) is 75.3 Å². The Kier molecular flexibility index (Phi) is 7.60. The molecule has 0 bridgehead atoms. The van der Waals surface area contributed by atoms with E-state index in [4.69, 9.17) is 23.5 Å². The molecule has 0 radical (unpaired) electrons. The Bertz CT molecular complexity index is 890. The molecule has 0 aromatic heterocycles. The summed E-state index contributed by atoms with van der Waals surface area (Å²) in [7, 11) is -0.320. The molecule has 1 amide bonds. The van der Waals surface area contributed by atoms with Gasteiger partial charge in [0.1, 0.15) is 6.61 Å². The predicted octanol–water partition coefficient (Wildman–Crippen LogP) is 2.89. The summed E-state index contributed by atoms with van der Waals surface area (Å²) in [5.41, 5.74) is 2.25. The van der Waals surface area contributed by atoms with Crippen molar-refractivity contribution in [3.05, 3.63) is 71.8 Å². The first-order chi connectivity index (χ1) is 15.6. The van der Waals surface area contributed by atoms with Crippen LogP contribution in [0.15, 0.2) is 60.7 Å². The van der Waals surface area contributed by atoms with Crippen molar-refractivity contribution in [3.63, 3.8) is 0 Å². The van der Waals surface area contributed by atoms with Crippen molar-refractivity contribution in [2.45, 2.75) is 31.8 Å². The van der Waals surface area contributed by atoms with E-state index in [9.17, 15) is 4.79 Å². The van der Waals surface area contributed by atoms with Gasteiger partial charge in [-0.1, -0.05) is 60.7 Å². The lowest BCUT2D eigenvalue weighted by Crippen LogP contribution is -2.56. The SMILES string of the molecule is CC1(NC(=O)OCc2ccc(B3OCCCO3)cc2)COC(C=Cc2ccccc2)OC1. The van der Waals surface area contributed by atoms with Crippen LogP contribution in [0, 0.1) is 0 Å². The monoisotopic (exact) mass is 437 g/mol. The van der Waals surface area contributed by atoms with Gasteiger partial charge < -0.3 is 28.8 Å². The lowest BCUT2D eigenvalue weighted by molar-refractivity contribution is -0.183. The Morgan fingerprint density at radius 3 is 2.47 bits per heavy atom. The number of rotatable bonds is 6. The van der Waals surface area contributed by atoms with E-state index in [0.717, 1.165) is 23.0 Å². The number of benzene rings is 2. The Hall–Kier alpha value is -2.65. The Morgan fingerprint density at radius 1 is 1.09 bits per heavy atom. The van der Waals surface area contributed by atoms with Crippen molar-refractivity contribution < 1.29 is 28.3 Å². The number of carbonyl (C=O) groups is 1. The van der Waals surface area contributed by atoms with Gasteiger partial charge in [-0.05, 0) is 36.0 Å². The van der Waals surface area contributed by atoms with Crippen LogP contribution in [0.3, 0.4) is 0 Å². The van der Waals surface area contributed by atoms with Gasteiger partial charge in [-0.15, -0.1) is 0 Å². The predicted molar refractivity (Wildman–Crippen MR) is 121 cm³/mol. The molecular weight excluding hydrogens is 409 g/mol. The highest BCUT2D eigenvalue weighted by Gasteiger charge is 2.34. The van der Waals surface area contributed by atoms with Crippen molar-refractivity contribution in [2.24, 2.45) is 0 Å². The summed E-state index contributed by atoms with van der Waals surface area (Å²) in [6, 6.07) is 17.6. The summed E-state index contributed by atoms with van der Waals surface area (Å²) in [6.07, 6.45) is 3.77. The maximum atomic E-state index is 12.3. The Morgan fingerprint density at radius 2 is 1.78 bits per heavy atom. The summed E-state index contributed by atoms with van der Waals surface area (Å²) in [6.45, 7) is 4.07. The molecule has 168 valence electrons. The van der Waals surface area contributed by atoms with Crippen molar-refractivity contribution in [1.29, 1.82) is 0 Å². The largest absolute Gasteiger partial charge is 0.493 e. The van der Waals surface area contributed by atoms with Gasteiger partial charge in [-0.3, -0.25) is 0 Å². The van der Waals surface area contributed by atoms with E-state index < -0.39 is 17.9 Å². The molecule has 7 nitrogen and oxygen atoms in total. The van der Waals surface area contributed by atoms with Crippen LogP contribution in [0.4, 0.5) is 4.79 Å². The van der Waals surface area contributed by atoms with Gasteiger partial charge in [0.2, 0.25) is 0 Å². The second-order valence-electron chi connectivity index (χ2n) is 8.19. The van der Waals surface area contributed by atoms with Gasteiger partial charge in [0.05, 0.1) is 18.8 Å². The second-order valence-corrected chi connectivity index (χ2v) is 8.19. The van der Waals surface area contributed by atoms with E-state index in [1.54, 1.807) is 0 Å². The number of hydrogen-bond donors (Lipinski definition) is 1. The van der Waals surface area contributed by atoms with Crippen molar-refractivity contribution >= 4 is 24.8 Å². The second kappa shape index (κ2) is 10.8. The lowest BCUT2D eigenvalue weighted by atomic mass is 9.78. The molecule has 0 atom stereocenters. The minimum absolute atomic E-state index is 0.165. The molecule has 0 aliphatic carbocycles. The Balaban J connectivity index is 1.20. The summed E-state index contributed by atoms with van der Waals surface area (Å²) < 4.78 is 28.1. The third kappa shape index (κ3) is 6.43. The summed E-state index contributed by atoms with van der Waals surface area (Å²) in [5.74, 6) is 0. The van der Waals surface area contributed by atoms with Crippen molar-refractivity contribution in [3.8, 4) is 0 Å². The minimum Gasteiger partial charge on any atom is -0.445 e. The van der Waals surface area contributed by atoms with Crippen LogP contribution in [0.1, 0.15) is 24.5 Å². The normalized spacial score (nSPS) is 23.8. The molecule has 0 spiro atoms. The molecule has 2 aromatic rings. The maximum Gasteiger partial charge on any atom is 0.493 e. The molecule has 4 rings (SSSR count). The average Bonchev–Trinajstić information content (AvgIpc) is 2.84. The van der Waals surface area contributed by atoms with Gasteiger partial charge in [0, 0.05) is 13.2 Å². The third-order valence-electron chi connectivity index (χ3n) is 5.23. The van der Waals surface area contributed by atoms with Crippen molar-refractivity contribution in [1.82, 2.24) is 5.32 Å². The number of amides is 1. The van der Waals surface area contributed by atoms with Gasteiger partial charge in [-0.25, -0.2) is 4.79 Å². The highest BCUT2D eigenvalue weighted by molar-refractivity contribution is 6.61. The number of alkyl carbamates (subject to hydrolysis) is 1. The van der Waals surface area contributed by atoms with Crippen LogP contribution in [-0.2, 0) is 30.1 Å². The molecular formula is C24H28BNO6.